The van der Waals surface area contributed by atoms with E-state index in [0.717, 1.165) is 5.56 Å². The Morgan fingerprint density at radius 3 is 2.57 bits per heavy atom. The number of aromatic nitrogens is 3. The van der Waals surface area contributed by atoms with Gasteiger partial charge in [-0.1, -0.05) is 5.16 Å². The summed E-state index contributed by atoms with van der Waals surface area (Å²) >= 11 is 0. The highest BCUT2D eigenvalue weighted by Crippen LogP contribution is 2.15. The summed E-state index contributed by atoms with van der Waals surface area (Å²) in [5.41, 5.74) is 0.828. The van der Waals surface area contributed by atoms with E-state index in [1.165, 1.54) is 0 Å². The summed E-state index contributed by atoms with van der Waals surface area (Å²) in [5, 5.41) is 6.84. The SMILES string of the molecule is CC(C)NC(=O)CN1CCN(C(=O)CCc2nc(-c3ccncc3)no2)CC1. The third kappa shape index (κ3) is 5.59. The van der Waals surface area contributed by atoms with Crippen LogP contribution >= 0.6 is 0 Å². The molecule has 1 saturated heterocycles. The smallest absolute Gasteiger partial charge is 0.234 e. The van der Waals surface area contributed by atoms with Gasteiger partial charge in [0, 0.05) is 63.0 Å². The zero-order chi connectivity index (χ0) is 19.9. The van der Waals surface area contributed by atoms with E-state index in [4.69, 9.17) is 4.52 Å². The maximum atomic E-state index is 12.5. The Morgan fingerprint density at radius 1 is 1.18 bits per heavy atom. The van der Waals surface area contributed by atoms with Gasteiger partial charge in [-0.3, -0.25) is 19.5 Å². The molecule has 0 aromatic carbocycles. The number of amides is 2. The first kappa shape index (κ1) is 19.9. The number of hydrogen-bond donors (Lipinski definition) is 1. The van der Waals surface area contributed by atoms with Crippen LogP contribution in [0.15, 0.2) is 29.0 Å². The monoisotopic (exact) mass is 386 g/mol. The Balaban J connectivity index is 1.42. The molecule has 1 aliphatic rings. The zero-order valence-electron chi connectivity index (χ0n) is 16.3. The predicted octanol–water partition coefficient (Wildman–Crippen LogP) is 0.733. The van der Waals surface area contributed by atoms with Gasteiger partial charge in [0.1, 0.15) is 0 Å². The van der Waals surface area contributed by atoms with E-state index in [1.54, 1.807) is 24.5 Å². The van der Waals surface area contributed by atoms with Gasteiger partial charge in [0.05, 0.1) is 6.54 Å². The fourth-order valence-electron chi connectivity index (χ4n) is 3.07. The standard InChI is InChI=1S/C19H26N6O3/c1-14(2)21-16(26)13-24-9-11-25(12-10-24)18(27)4-3-17-22-19(23-28-17)15-5-7-20-8-6-15/h5-8,14H,3-4,9-13H2,1-2H3,(H,21,26). The summed E-state index contributed by atoms with van der Waals surface area (Å²) in [6.07, 6.45) is 4.07. The van der Waals surface area contributed by atoms with E-state index in [-0.39, 0.29) is 17.9 Å². The van der Waals surface area contributed by atoms with Crippen LogP contribution in [0.3, 0.4) is 0 Å². The molecule has 1 aliphatic heterocycles. The maximum absolute atomic E-state index is 12.5. The summed E-state index contributed by atoms with van der Waals surface area (Å²) in [6.45, 7) is 6.91. The van der Waals surface area contributed by atoms with Gasteiger partial charge in [0.15, 0.2) is 0 Å². The molecule has 0 bridgehead atoms. The summed E-state index contributed by atoms with van der Waals surface area (Å²) in [5.74, 6) is 1.04. The van der Waals surface area contributed by atoms with Crippen molar-refractivity contribution in [2.75, 3.05) is 32.7 Å². The molecule has 2 aromatic rings. The molecule has 0 atom stereocenters. The molecule has 0 spiro atoms. The number of hydrogen-bond acceptors (Lipinski definition) is 7. The number of pyridine rings is 1. The second-order valence-corrected chi connectivity index (χ2v) is 7.13. The number of nitrogens with one attached hydrogen (secondary N) is 1. The molecule has 3 rings (SSSR count). The molecule has 9 nitrogen and oxygen atoms in total. The van der Waals surface area contributed by atoms with Crippen LogP contribution in [0.25, 0.3) is 11.4 Å². The lowest BCUT2D eigenvalue weighted by Crippen LogP contribution is -2.51. The van der Waals surface area contributed by atoms with E-state index in [1.807, 2.05) is 18.7 Å². The van der Waals surface area contributed by atoms with Gasteiger partial charge >= 0.3 is 0 Å². The van der Waals surface area contributed by atoms with Crippen molar-refractivity contribution in [3.63, 3.8) is 0 Å². The molecule has 2 aromatic heterocycles. The van der Waals surface area contributed by atoms with Crippen LogP contribution in [0, 0.1) is 0 Å². The Morgan fingerprint density at radius 2 is 1.89 bits per heavy atom. The molecular weight excluding hydrogens is 360 g/mol. The van der Waals surface area contributed by atoms with Crippen molar-refractivity contribution in [1.29, 1.82) is 0 Å². The second-order valence-electron chi connectivity index (χ2n) is 7.13. The van der Waals surface area contributed by atoms with Crippen LogP contribution in [-0.2, 0) is 16.0 Å². The normalized spacial score (nSPS) is 15.0. The second kappa shape index (κ2) is 9.41. The van der Waals surface area contributed by atoms with Gasteiger partial charge in [-0.15, -0.1) is 0 Å². The lowest BCUT2D eigenvalue weighted by molar-refractivity contribution is -0.133. The summed E-state index contributed by atoms with van der Waals surface area (Å²) in [7, 11) is 0. The van der Waals surface area contributed by atoms with Gasteiger partial charge in [-0.05, 0) is 26.0 Å². The molecule has 0 saturated carbocycles. The van der Waals surface area contributed by atoms with Crippen molar-refractivity contribution in [3.8, 4) is 11.4 Å². The summed E-state index contributed by atoms with van der Waals surface area (Å²) in [4.78, 5) is 36.5. The lowest BCUT2D eigenvalue weighted by Gasteiger charge is -2.34. The van der Waals surface area contributed by atoms with Crippen LogP contribution in [0.5, 0.6) is 0 Å². The van der Waals surface area contributed by atoms with Crippen molar-refractivity contribution in [1.82, 2.24) is 30.2 Å². The van der Waals surface area contributed by atoms with Crippen molar-refractivity contribution >= 4 is 11.8 Å². The summed E-state index contributed by atoms with van der Waals surface area (Å²) < 4.78 is 5.24. The topological polar surface area (TPSA) is 104 Å². The van der Waals surface area contributed by atoms with Crippen molar-refractivity contribution in [2.45, 2.75) is 32.7 Å². The molecule has 0 aliphatic carbocycles. The molecule has 0 unspecified atom stereocenters. The molecule has 3 heterocycles. The number of rotatable bonds is 7. The predicted molar refractivity (Wildman–Crippen MR) is 102 cm³/mol. The molecular formula is C19H26N6O3. The Bertz CT molecular complexity index is 784. The molecule has 0 radical (unpaired) electrons. The number of carbonyl (C=O) groups is 2. The largest absolute Gasteiger partial charge is 0.353 e. The van der Waals surface area contributed by atoms with Gasteiger partial charge in [0.25, 0.3) is 0 Å². The van der Waals surface area contributed by atoms with Crippen LogP contribution in [0.1, 0.15) is 26.2 Å². The van der Waals surface area contributed by atoms with Crippen LogP contribution in [0.4, 0.5) is 0 Å². The first-order chi connectivity index (χ1) is 13.5. The minimum Gasteiger partial charge on any atom is -0.353 e. The number of aryl methyl sites for hydroxylation is 1. The maximum Gasteiger partial charge on any atom is 0.234 e. The minimum atomic E-state index is 0.0242. The zero-order valence-corrected chi connectivity index (χ0v) is 16.3. The van der Waals surface area contributed by atoms with Crippen LogP contribution in [-0.4, -0.2) is 75.5 Å². The quantitative estimate of drug-likeness (QED) is 0.748. The van der Waals surface area contributed by atoms with Crippen molar-refractivity contribution < 1.29 is 14.1 Å². The Labute approximate surface area is 164 Å². The van der Waals surface area contributed by atoms with E-state index in [2.05, 4.69) is 25.3 Å². The van der Waals surface area contributed by atoms with E-state index < -0.39 is 0 Å². The molecule has 150 valence electrons. The van der Waals surface area contributed by atoms with Gasteiger partial charge < -0.3 is 14.7 Å². The van der Waals surface area contributed by atoms with E-state index >= 15 is 0 Å². The van der Waals surface area contributed by atoms with E-state index in [9.17, 15) is 9.59 Å². The Hall–Kier alpha value is -2.81. The third-order valence-corrected chi connectivity index (χ3v) is 4.50. The number of piperazine rings is 1. The first-order valence-electron chi connectivity index (χ1n) is 9.53. The fraction of sp³-hybridized carbons (Fsp3) is 0.526. The first-order valence-corrected chi connectivity index (χ1v) is 9.53. The van der Waals surface area contributed by atoms with Crippen molar-refractivity contribution in [2.24, 2.45) is 0 Å². The third-order valence-electron chi connectivity index (χ3n) is 4.50. The molecule has 1 N–H and O–H groups in total. The Kier molecular flexibility index (Phi) is 6.70. The van der Waals surface area contributed by atoms with Gasteiger partial charge in [-0.2, -0.15) is 4.98 Å². The van der Waals surface area contributed by atoms with Gasteiger partial charge in [-0.25, -0.2) is 0 Å². The molecule has 1 fully saturated rings. The van der Waals surface area contributed by atoms with Crippen LogP contribution < -0.4 is 5.32 Å². The molecule has 9 heteroatoms. The van der Waals surface area contributed by atoms with E-state index in [0.29, 0.717) is 57.3 Å². The molecule has 28 heavy (non-hydrogen) atoms. The minimum absolute atomic E-state index is 0.0242. The van der Waals surface area contributed by atoms with Gasteiger partial charge in [0.2, 0.25) is 23.5 Å². The lowest BCUT2D eigenvalue weighted by atomic mass is 10.2. The number of carbonyl (C=O) groups excluding carboxylic acids is 2. The average molecular weight is 386 g/mol. The number of nitrogens with zero attached hydrogens (tertiary/aromatic N) is 5. The van der Waals surface area contributed by atoms with Crippen molar-refractivity contribution in [3.05, 3.63) is 30.4 Å². The highest BCUT2D eigenvalue weighted by Gasteiger charge is 2.23. The fourth-order valence-corrected chi connectivity index (χ4v) is 3.07. The molecule has 2 amide bonds. The summed E-state index contributed by atoms with van der Waals surface area (Å²) in [6, 6.07) is 3.75. The van der Waals surface area contributed by atoms with Crippen LogP contribution in [0.2, 0.25) is 0 Å². The highest BCUT2D eigenvalue weighted by molar-refractivity contribution is 5.78. The average Bonchev–Trinajstić information content (AvgIpc) is 3.16. The highest BCUT2D eigenvalue weighted by atomic mass is 16.5.